The number of esters is 1. The molecule has 2 heteroatoms. The van der Waals surface area contributed by atoms with Crippen LogP contribution in [0.5, 0.6) is 0 Å². The standard InChI is InChI=1S/C14H22O2/c1-3-5-8-12(4-2)11-16-14(15)13-9-6-7-10-13/h6,9-10,12H,3-5,7-8,11H2,1-2H3. The van der Waals surface area contributed by atoms with Gasteiger partial charge in [0.15, 0.2) is 0 Å². The van der Waals surface area contributed by atoms with Crippen LogP contribution in [0.1, 0.15) is 46.0 Å². The van der Waals surface area contributed by atoms with E-state index in [1.54, 1.807) is 0 Å². The van der Waals surface area contributed by atoms with Gasteiger partial charge in [-0.3, -0.25) is 0 Å². The first-order valence-electron chi connectivity index (χ1n) is 6.31. The van der Waals surface area contributed by atoms with Crippen LogP contribution >= 0.6 is 0 Å². The van der Waals surface area contributed by atoms with Crippen LogP contribution in [-0.2, 0) is 9.53 Å². The van der Waals surface area contributed by atoms with E-state index >= 15 is 0 Å². The van der Waals surface area contributed by atoms with Crippen molar-refractivity contribution in [2.45, 2.75) is 46.0 Å². The van der Waals surface area contributed by atoms with Gasteiger partial charge < -0.3 is 4.74 Å². The summed E-state index contributed by atoms with van der Waals surface area (Å²) in [5, 5.41) is 0. The molecule has 0 aliphatic heterocycles. The monoisotopic (exact) mass is 222 g/mol. The Kier molecular flexibility index (Phi) is 5.91. The van der Waals surface area contributed by atoms with E-state index in [0.29, 0.717) is 18.1 Å². The number of carbonyl (C=O) groups excluding carboxylic acids is 1. The van der Waals surface area contributed by atoms with Crippen LogP contribution in [-0.4, -0.2) is 12.6 Å². The minimum atomic E-state index is -0.163. The fraction of sp³-hybridized carbons (Fsp3) is 0.643. The van der Waals surface area contributed by atoms with Crippen molar-refractivity contribution in [1.29, 1.82) is 0 Å². The summed E-state index contributed by atoms with van der Waals surface area (Å²) in [4.78, 5) is 11.6. The maximum absolute atomic E-state index is 11.6. The SMILES string of the molecule is CCCCC(CC)COC(=O)C1=CCC=C1. The fourth-order valence-electron chi connectivity index (χ4n) is 1.78. The van der Waals surface area contributed by atoms with Crippen molar-refractivity contribution >= 4 is 5.97 Å². The van der Waals surface area contributed by atoms with Crippen LogP contribution in [0.15, 0.2) is 23.8 Å². The molecule has 0 aromatic rings. The first kappa shape index (κ1) is 13.0. The summed E-state index contributed by atoms with van der Waals surface area (Å²) >= 11 is 0. The lowest BCUT2D eigenvalue weighted by molar-refractivity contribution is -0.140. The van der Waals surface area contributed by atoms with Crippen molar-refractivity contribution in [2.24, 2.45) is 5.92 Å². The number of hydrogen-bond donors (Lipinski definition) is 0. The Morgan fingerprint density at radius 1 is 1.50 bits per heavy atom. The quantitative estimate of drug-likeness (QED) is 0.615. The molecule has 1 unspecified atom stereocenters. The van der Waals surface area contributed by atoms with Gasteiger partial charge in [0.25, 0.3) is 0 Å². The van der Waals surface area contributed by atoms with E-state index in [1.807, 2.05) is 18.2 Å². The van der Waals surface area contributed by atoms with Gasteiger partial charge in [0.1, 0.15) is 0 Å². The summed E-state index contributed by atoms with van der Waals surface area (Å²) < 4.78 is 5.32. The molecule has 2 nitrogen and oxygen atoms in total. The van der Waals surface area contributed by atoms with E-state index in [1.165, 1.54) is 12.8 Å². The van der Waals surface area contributed by atoms with Crippen LogP contribution in [0.25, 0.3) is 0 Å². The molecule has 0 spiro atoms. The molecular formula is C14H22O2. The van der Waals surface area contributed by atoms with E-state index in [9.17, 15) is 4.79 Å². The predicted molar refractivity (Wildman–Crippen MR) is 66.1 cm³/mol. The molecule has 0 amide bonds. The lowest BCUT2D eigenvalue weighted by Gasteiger charge is -2.14. The molecule has 0 saturated heterocycles. The van der Waals surface area contributed by atoms with Gasteiger partial charge in [0, 0.05) is 0 Å². The Hall–Kier alpha value is -1.05. The topological polar surface area (TPSA) is 26.3 Å². The average molecular weight is 222 g/mol. The minimum Gasteiger partial charge on any atom is -0.462 e. The predicted octanol–water partition coefficient (Wildman–Crippen LogP) is 3.63. The Morgan fingerprint density at radius 3 is 2.88 bits per heavy atom. The molecule has 0 aromatic heterocycles. The molecular weight excluding hydrogens is 200 g/mol. The second-order valence-corrected chi connectivity index (χ2v) is 4.31. The zero-order valence-corrected chi connectivity index (χ0v) is 10.4. The highest BCUT2D eigenvalue weighted by Gasteiger charge is 2.13. The molecule has 1 aliphatic rings. The van der Waals surface area contributed by atoms with Crippen LogP contribution in [0.4, 0.5) is 0 Å². The average Bonchev–Trinajstić information content (AvgIpc) is 2.82. The zero-order valence-electron chi connectivity index (χ0n) is 10.4. The number of rotatable bonds is 7. The maximum Gasteiger partial charge on any atom is 0.337 e. The maximum atomic E-state index is 11.6. The van der Waals surface area contributed by atoms with E-state index in [2.05, 4.69) is 13.8 Å². The van der Waals surface area contributed by atoms with Crippen molar-refractivity contribution in [3.63, 3.8) is 0 Å². The number of allylic oxidation sites excluding steroid dienone is 2. The molecule has 90 valence electrons. The van der Waals surface area contributed by atoms with E-state index in [0.717, 1.165) is 19.3 Å². The Balaban J connectivity index is 2.26. The fourth-order valence-corrected chi connectivity index (χ4v) is 1.78. The highest BCUT2D eigenvalue weighted by Crippen LogP contribution is 2.15. The lowest BCUT2D eigenvalue weighted by Crippen LogP contribution is -2.14. The molecule has 1 rings (SSSR count). The molecule has 0 saturated carbocycles. The zero-order chi connectivity index (χ0) is 11.8. The highest BCUT2D eigenvalue weighted by molar-refractivity contribution is 5.92. The van der Waals surface area contributed by atoms with Gasteiger partial charge in [-0.05, 0) is 18.8 Å². The van der Waals surface area contributed by atoms with Crippen molar-refractivity contribution in [1.82, 2.24) is 0 Å². The van der Waals surface area contributed by atoms with Gasteiger partial charge in [0.05, 0.1) is 12.2 Å². The van der Waals surface area contributed by atoms with Crippen molar-refractivity contribution in [2.75, 3.05) is 6.61 Å². The summed E-state index contributed by atoms with van der Waals surface area (Å²) in [5.41, 5.74) is 0.713. The first-order chi connectivity index (χ1) is 7.77. The number of ether oxygens (including phenoxy) is 1. The summed E-state index contributed by atoms with van der Waals surface area (Å²) in [6.45, 7) is 4.91. The van der Waals surface area contributed by atoms with Crippen LogP contribution < -0.4 is 0 Å². The molecule has 0 bridgehead atoms. The van der Waals surface area contributed by atoms with Crippen molar-refractivity contribution in [3.8, 4) is 0 Å². The van der Waals surface area contributed by atoms with Crippen LogP contribution in [0.3, 0.4) is 0 Å². The number of carbonyl (C=O) groups is 1. The summed E-state index contributed by atoms with van der Waals surface area (Å²) in [6.07, 6.45) is 11.3. The molecule has 0 N–H and O–H groups in total. The van der Waals surface area contributed by atoms with Gasteiger partial charge >= 0.3 is 5.97 Å². The number of hydrogen-bond acceptors (Lipinski definition) is 2. The molecule has 0 aromatic carbocycles. The second-order valence-electron chi connectivity index (χ2n) is 4.31. The largest absolute Gasteiger partial charge is 0.462 e. The van der Waals surface area contributed by atoms with E-state index in [-0.39, 0.29) is 5.97 Å². The lowest BCUT2D eigenvalue weighted by atomic mass is 10.0. The van der Waals surface area contributed by atoms with Crippen molar-refractivity contribution < 1.29 is 9.53 Å². The highest BCUT2D eigenvalue weighted by atomic mass is 16.5. The summed E-state index contributed by atoms with van der Waals surface area (Å²) in [7, 11) is 0. The van der Waals surface area contributed by atoms with Gasteiger partial charge in [0.2, 0.25) is 0 Å². The minimum absolute atomic E-state index is 0.163. The molecule has 0 radical (unpaired) electrons. The van der Waals surface area contributed by atoms with Crippen LogP contribution in [0, 0.1) is 5.92 Å². The molecule has 16 heavy (non-hydrogen) atoms. The molecule has 1 aliphatic carbocycles. The number of unbranched alkanes of at least 4 members (excludes halogenated alkanes) is 1. The van der Waals surface area contributed by atoms with Crippen molar-refractivity contribution in [3.05, 3.63) is 23.8 Å². The third-order valence-corrected chi connectivity index (χ3v) is 3.00. The molecule has 0 fully saturated rings. The Morgan fingerprint density at radius 2 is 2.31 bits per heavy atom. The Bertz CT molecular complexity index is 276. The third kappa shape index (κ3) is 4.21. The van der Waals surface area contributed by atoms with E-state index < -0.39 is 0 Å². The summed E-state index contributed by atoms with van der Waals surface area (Å²) in [5.74, 6) is 0.360. The molecule has 1 atom stereocenters. The normalized spacial score (nSPS) is 16.0. The third-order valence-electron chi connectivity index (χ3n) is 3.00. The van der Waals surface area contributed by atoms with Gasteiger partial charge in [-0.2, -0.15) is 0 Å². The Labute approximate surface area is 98.4 Å². The van der Waals surface area contributed by atoms with Gasteiger partial charge in [-0.25, -0.2) is 4.79 Å². The van der Waals surface area contributed by atoms with Gasteiger partial charge in [-0.1, -0.05) is 51.3 Å². The van der Waals surface area contributed by atoms with E-state index in [4.69, 9.17) is 4.74 Å². The smallest absolute Gasteiger partial charge is 0.337 e. The summed E-state index contributed by atoms with van der Waals surface area (Å²) in [6, 6.07) is 0. The second kappa shape index (κ2) is 7.26. The molecule has 0 heterocycles. The van der Waals surface area contributed by atoms with Gasteiger partial charge in [-0.15, -0.1) is 0 Å². The van der Waals surface area contributed by atoms with Crippen LogP contribution in [0.2, 0.25) is 0 Å². The first-order valence-corrected chi connectivity index (χ1v) is 6.31.